The molecule has 0 N–H and O–H groups in total. The molecule has 0 amide bonds. The molecule has 0 radical (unpaired) electrons. The molecule has 6 aromatic rings. The Labute approximate surface area is 252 Å². The zero-order valence-corrected chi connectivity index (χ0v) is 24.1. The maximum atomic E-state index is 13.1. The van der Waals surface area contributed by atoms with Gasteiger partial charge in [0.05, 0.1) is 30.4 Å². The van der Waals surface area contributed by atoms with Crippen LogP contribution >= 0.6 is 0 Å². The highest BCUT2D eigenvalue weighted by molar-refractivity contribution is 5.88. The molecule has 212 valence electrons. The van der Waals surface area contributed by atoms with Crippen LogP contribution in [0, 0.1) is 0 Å². The second-order valence-electron chi connectivity index (χ2n) is 10.5. The molecule has 0 bridgehead atoms. The number of rotatable bonds is 10. The van der Waals surface area contributed by atoms with Gasteiger partial charge in [-0.15, -0.1) is 0 Å². The zero-order valence-electron chi connectivity index (χ0n) is 24.1. The van der Waals surface area contributed by atoms with Crippen molar-refractivity contribution in [3.05, 3.63) is 156 Å². The second-order valence-corrected chi connectivity index (χ2v) is 10.5. The third-order valence-corrected chi connectivity index (χ3v) is 7.53. The number of nitrogens with zero attached hydrogens (tertiary/aromatic N) is 3. The second kappa shape index (κ2) is 13.2. The Morgan fingerprint density at radius 2 is 1.47 bits per heavy atom. The smallest absolute Gasteiger partial charge is 0.320 e. The van der Waals surface area contributed by atoms with Crippen LogP contribution in [0.25, 0.3) is 33.3 Å². The molecule has 2 heterocycles. The summed E-state index contributed by atoms with van der Waals surface area (Å²) in [5.41, 5.74) is 8.14. The number of fused-ring (bicyclic) bond motifs is 1. The van der Waals surface area contributed by atoms with E-state index in [1.165, 1.54) is 0 Å². The SMILES string of the molecule is CCOC(=O)CN(Cc1ccccc1)C(c1ccccc1)c1cc2cc(-c3cccnc3)ccc2nc1-c1ccccc1. The summed E-state index contributed by atoms with van der Waals surface area (Å²) in [5, 5.41) is 1.02. The molecule has 43 heavy (non-hydrogen) atoms. The van der Waals surface area contributed by atoms with Crippen molar-refractivity contribution >= 4 is 16.9 Å². The van der Waals surface area contributed by atoms with Gasteiger partial charge in [0.2, 0.25) is 0 Å². The molecule has 5 nitrogen and oxygen atoms in total. The monoisotopic (exact) mass is 563 g/mol. The van der Waals surface area contributed by atoms with E-state index >= 15 is 0 Å². The Hall–Kier alpha value is -5.13. The summed E-state index contributed by atoms with van der Waals surface area (Å²) in [6.45, 7) is 2.86. The van der Waals surface area contributed by atoms with Crippen LogP contribution in [0.15, 0.2) is 140 Å². The van der Waals surface area contributed by atoms with Gasteiger partial charge in [-0.3, -0.25) is 14.7 Å². The van der Waals surface area contributed by atoms with E-state index in [9.17, 15) is 4.79 Å². The first kappa shape index (κ1) is 28.0. The predicted molar refractivity (Wildman–Crippen MR) is 172 cm³/mol. The number of benzene rings is 4. The van der Waals surface area contributed by atoms with Gasteiger partial charge in [0.1, 0.15) is 0 Å². The van der Waals surface area contributed by atoms with E-state index in [1.54, 1.807) is 6.20 Å². The summed E-state index contributed by atoms with van der Waals surface area (Å²) in [6.07, 6.45) is 3.66. The number of hydrogen-bond acceptors (Lipinski definition) is 5. The molecular formula is C38H33N3O2. The number of pyridine rings is 2. The van der Waals surface area contributed by atoms with E-state index in [0.717, 1.165) is 50.0 Å². The number of hydrogen-bond donors (Lipinski definition) is 0. The van der Waals surface area contributed by atoms with Gasteiger partial charge in [-0.1, -0.05) is 103 Å². The lowest BCUT2D eigenvalue weighted by atomic mass is 9.91. The predicted octanol–water partition coefficient (Wildman–Crippen LogP) is 8.12. The highest BCUT2D eigenvalue weighted by Gasteiger charge is 2.29. The fraction of sp³-hybridized carbons (Fsp3) is 0.132. The van der Waals surface area contributed by atoms with Crippen LogP contribution in [0.1, 0.15) is 29.7 Å². The largest absolute Gasteiger partial charge is 0.465 e. The Balaban J connectivity index is 1.58. The van der Waals surface area contributed by atoms with E-state index in [0.29, 0.717) is 13.2 Å². The van der Waals surface area contributed by atoms with E-state index < -0.39 is 0 Å². The number of aromatic nitrogens is 2. The molecule has 0 spiro atoms. The van der Waals surface area contributed by atoms with Crippen LogP contribution in [-0.2, 0) is 16.1 Å². The van der Waals surface area contributed by atoms with E-state index in [-0.39, 0.29) is 18.6 Å². The highest BCUT2D eigenvalue weighted by Crippen LogP contribution is 2.38. The third-order valence-electron chi connectivity index (χ3n) is 7.53. The van der Waals surface area contributed by atoms with Crippen molar-refractivity contribution < 1.29 is 9.53 Å². The first-order valence-corrected chi connectivity index (χ1v) is 14.6. The van der Waals surface area contributed by atoms with Crippen molar-refractivity contribution in [2.45, 2.75) is 19.5 Å². The van der Waals surface area contributed by atoms with Crippen LogP contribution < -0.4 is 0 Å². The molecular weight excluding hydrogens is 530 g/mol. The number of esters is 1. The molecule has 0 aliphatic heterocycles. The summed E-state index contributed by atoms with van der Waals surface area (Å²) in [6, 6.07) is 43.2. The lowest BCUT2D eigenvalue weighted by Crippen LogP contribution is -2.35. The first-order valence-electron chi connectivity index (χ1n) is 14.6. The third kappa shape index (κ3) is 6.53. The maximum Gasteiger partial charge on any atom is 0.320 e. The van der Waals surface area contributed by atoms with Crippen molar-refractivity contribution in [1.82, 2.24) is 14.9 Å². The normalized spacial score (nSPS) is 11.9. The average Bonchev–Trinajstić information content (AvgIpc) is 3.06. The van der Waals surface area contributed by atoms with Crippen LogP contribution in [0.5, 0.6) is 0 Å². The minimum Gasteiger partial charge on any atom is -0.465 e. The Bertz CT molecular complexity index is 1790. The lowest BCUT2D eigenvalue weighted by Gasteiger charge is -2.33. The fourth-order valence-corrected chi connectivity index (χ4v) is 5.59. The van der Waals surface area contributed by atoms with Gasteiger partial charge in [0.15, 0.2) is 0 Å². The van der Waals surface area contributed by atoms with Gasteiger partial charge in [-0.2, -0.15) is 0 Å². The molecule has 0 fully saturated rings. The molecule has 4 aromatic carbocycles. The number of carbonyl (C=O) groups excluding carboxylic acids is 1. The van der Waals surface area contributed by atoms with Crippen molar-refractivity contribution in [2.24, 2.45) is 0 Å². The zero-order chi connectivity index (χ0) is 29.4. The molecule has 6 rings (SSSR count). The highest BCUT2D eigenvalue weighted by atomic mass is 16.5. The molecule has 1 unspecified atom stereocenters. The molecule has 0 saturated carbocycles. The molecule has 0 saturated heterocycles. The summed E-state index contributed by atoms with van der Waals surface area (Å²) < 4.78 is 5.48. The molecule has 0 aliphatic carbocycles. The summed E-state index contributed by atoms with van der Waals surface area (Å²) in [5.74, 6) is -0.256. The quantitative estimate of drug-likeness (QED) is 0.158. The standard InChI is InChI=1S/C38H33N3O2/c1-2-43-36(42)27-41(26-28-13-6-3-7-14-28)38(30-17-10-5-11-18-30)34-24-33-23-31(32-19-12-22-39-25-32)20-21-35(33)40-37(34)29-15-8-4-9-16-29/h3-25,38H,2,26-27H2,1H3. The van der Waals surface area contributed by atoms with Gasteiger partial charge in [-0.05, 0) is 47.9 Å². The molecule has 1 atom stereocenters. The lowest BCUT2D eigenvalue weighted by molar-refractivity contribution is -0.145. The molecule has 0 aliphatic rings. The molecule has 5 heteroatoms. The Kier molecular flexibility index (Phi) is 8.62. The minimum atomic E-state index is -0.278. The van der Waals surface area contributed by atoms with Gasteiger partial charge >= 0.3 is 5.97 Å². The van der Waals surface area contributed by atoms with E-state index in [1.807, 2.05) is 73.8 Å². The van der Waals surface area contributed by atoms with Gasteiger partial charge < -0.3 is 4.74 Å². The number of ether oxygens (including phenoxy) is 1. The summed E-state index contributed by atoms with van der Waals surface area (Å²) >= 11 is 0. The maximum absolute atomic E-state index is 13.1. The summed E-state index contributed by atoms with van der Waals surface area (Å²) in [7, 11) is 0. The van der Waals surface area contributed by atoms with E-state index in [2.05, 4.69) is 76.6 Å². The van der Waals surface area contributed by atoms with Gasteiger partial charge in [0.25, 0.3) is 0 Å². The van der Waals surface area contributed by atoms with E-state index in [4.69, 9.17) is 9.72 Å². The van der Waals surface area contributed by atoms with Crippen LogP contribution in [-0.4, -0.2) is 34.0 Å². The van der Waals surface area contributed by atoms with Crippen LogP contribution in [0.4, 0.5) is 0 Å². The minimum absolute atomic E-state index is 0.129. The van der Waals surface area contributed by atoms with Crippen LogP contribution in [0.2, 0.25) is 0 Å². The topological polar surface area (TPSA) is 55.3 Å². The summed E-state index contributed by atoms with van der Waals surface area (Å²) in [4.78, 5) is 24.9. The van der Waals surface area contributed by atoms with Crippen molar-refractivity contribution in [3.63, 3.8) is 0 Å². The van der Waals surface area contributed by atoms with Crippen molar-refractivity contribution in [3.8, 4) is 22.4 Å². The Morgan fingerprint density at radius 1 is 0.767 bits per heavy atom. The fourth-order valence-electron chi connectivity index (χ4n) is 5.59. The van der Waals surface area contributed by atoms with Crippen molar-refractivity contribution in [1.29, 1.82) is 0 Å². The average molecular weight is 564 g/mol. The van der Waals surface area contributed by atoms with Gasteiger partial charge in [0, 0.05) is 41.0 Å². The van der Waals surface area contributed by atoms with Crippen LogP contribution in [0.3, 0.4) is 0 Å². The molecule has 2 aromatic heterocycles. The van der Waals surface area contributed by atoms with Gasteiger partial charge in [-0.25, -0.2) is 4.98 Å². The van der Waals surface area contributed by atoms with Crippen molar-refractivity contribution in [2.75, 3.05) is 13.2 Å². The Morgan fingerprint density at radius 3 is 2.16 bits per heavy atom. The number of carbonyl (C=O) groups is 1. The first-order chi connectivity index (χ1) is 21.2.